The highest BCUT2D eigenvalue weighted by Crippen LogP contribution is 2.29. The number of fused-ring (bicyclic) bond motifs is 1. The lowest BCUT2D eigenvalue weighted by Crippen LogP contribution is -1.98. The van der Waals surface area contributed by atoms with E-state index in [0.29, 0.717) is 16.5 Å². The van der Waals surface area contributed by atoms with E-state index in [2.05, 4.69) is 21.1 Å². The third-order valence-electron chi connectivity index (χ3n) is 3.81. The molecule has 0 fully saturated rings. The molecule has 2 aromatic heterocycles. The number of hydrogen-bond acceptors (Lipinski definition) is 4. The van der Waals surface area contributed by atoms with Crippen molar-refractivity contribution in [3.8, 4) is 17.3 Å². The maximum absolute atomic E-state index is 6.00. The Hall–Kier alpha value is -2.92. The van der Waals surface area contributed by atoms with Gasteiger partial charge < -0.3 is 4.74 Å². The molecule has 0 saturated carbocycles. The van der Waals surface area contributed by atoms with Crippen LogP contribution >= 0.6 is 11.6 Å². The lowest BCUT2D eigenvalue weighted by molar-refractivity contribution is 0.467. The Morgan fingerprint density at radius 2 is 1.68 bits per heavy atom. The van der Waals surface area contributed by atoms with E-state index in [-0.39, 0.29) is 0 Å². The van der Waals surface area contributed by atoms with E-state index >= 15 is 0 Å². The minimum atomic E-state index is 0.482. The van der Waals surface area contributed by atoms with Crippen molar-refractivity contribution in [3.63, 3.8) is 0 Å². The Kier molecular flexibility index (Phi) is 3.86. The van der Waals surface area contributed by atoms with Crippen LogP contribution in [0.4, 0.5) is 0 Å². The summed E-state index contributed by atoms with van der Waals surface area (Å²) >= 11 is 5.96. The molecule has 6 heteroatoms. The van der Waals surface area contributed by atoms with Gasteiger partial charge in [-0.1, -0.05) is 17.7 Å². The van der Waals surface area contributed by atoms with Crippen LogP contribution in [0.25, 0.3) is 16.7 Å². The van der Waals surface area contributed by atoms with Gasteiger partial charge in [0.2, 0.25) is 5.88 Å². The summed E-state index contributed by atoms with van der Waals surface area (Å²) in [6.45, 7) is 4.07. The van der Waals surface area contributed by atoms with Gasteiger partial charge >= 0.3 is 0 Å². The smallest absolute Gasteiger partial charge is 0.233 e. The lowest BCUT2D eigenvalue weighted by atomic mass is 10.1. The van der Waals surface area contributed by atoms with Crippen molar-refractivity contribution >= 4 is 22.6 Å². The average molecular weight is 351 g/mol. The third kappa shape index (κ3) is 3.06. The second kappa shape index (κ2) is 6.18. The predicted octanol–water partition coefficient (Wildman–Crippen LogP) is 4.88. The van der Waals surface area contributed by atoms with E-state index in [1.807, 2.05) is 50.2 Å². The molecule has 4 rings (SSSR count). The molecule has 0 bridgehead atoms. The molecule has 0 unspecified atom stereocenters. The van der Waals surface area contributed by atoms with Gasteiger partial charge in [0.05, 0.1) is 11.9 Å². The Balaban J connectivity index is 1.77. The van der Waals surface area contributed by atoms with Crippen molar-refractivity contribution in [2.45, 2.75) is 13.8 Å². The third-order valence-corrected chi connectivity index (χ3v) is 4.06. The van der Waals surface area contributed by atoms with Crippen LogP contribution in [0.1, 0.15) is 11.1 Å². The summed E-state index contributed by atoms with van der Waals surface area (Å²) in [5.74, 6) is 1.23. The van der Waals surface area contributed by atoms with Crippen LogP contribution in [0.3, 0.4) is 0 Å². The molecule has 0 saturated heterocycles. The minimum Gasteiger partial charge on any atom is -0.438 e. The molecule has 0 aliphatic rings. The highest BCUT2D eigenvalue weighted by molar-refractivity contribution is 6.30. The summed E-state index contributed by atoms with van der Waals surface area (Å²) in [6, 6.07) is 13.5. The molecule has 25 heavy (non-hydrogen) atoms. The Morgan fingerprint density at radius 3 is 2.40 bits per heavy atom. The monoisotopic (exact) mass is 350 g/mol. The van der Waals surface area contributed by atoms with Crippen LogP contribution in [-0.4, -0.2) is 19.7 Å². The summed E-state index contributed by atoms with van der Waals surface area (Å²) in [5.41, 5.74) is 3.82. The van der Waals surface area contributed by atoms with E-state index in [9.17, 15) is 0 Å². The molecular formula is C19H15ClN4O. The Bertz CT molecular complexity index is 1040. The summed E-state index contributed by atoms with van der Waals surface area (Å²) in [7, 11) is 0. The van der Waals surface area contributed by atoms with Gasteiger partial charge in [-0.05, 0) is 61.4 Å². The van der Waals surface area contributed by atoms with Gasteiger partial charge in [0.1, 0.15) is 17.5 Å². The first-order valence-electron chi connectivity index (χ1n) is 7.81. The van der Waals surface area contributed by atoms with E-state index in [0.717, 1.165) is 28.0 Å². The van der Waals surface area contributed by atoms with Gasteiger partial charge in [-0.25, -0.2) is 14.6 Å². The van der Waals surface area contributed by atoms with Crippen LogP contribution in [-0.2, 0) is 0 Å². The van der Waals surface area contributed by atoms with Gasteiger partial charge in [-0.3, -0.25) is 0 Å². The van der Waals surface area contributed by atoms with Crippen LogP contribution in [0.5, 0.6) is 11.6 Å². The maximum atomic E-state index is 6.00. The van der Waals surface area contributed by atoms with E-state index in [1.54, 1.807) is 10.9 Å². The number of halogens is 1. The quantitative estimate of drug-likeness (QED) is 0.528. The van der Waals surface area contributed by atoms with Crippen LogP contribution in [0.15, 0.2) is 55.0 Å². The first kappa shape index (κ1) is 15.6. The van der Waals surface area contributed by atoms with Crippen molar-refractivity contribution in [1.82, 2.24) is 19.7 Å². The first-order chi connectivity index (χ1) is 12.1. The molecule has 2 heterocycles. The van der Waals surface area contributed by atoms with E-state index in [4.69, 9.17) is 16.3 Å². The van der Waals surface area contributed by atoms with Crippen molar-refractivity contribution in [2.24, 2.45) is 0 Å². The first-order valence-corrected chi connectivity index (χ1v) is 8.19. The molecule has 5 nitrogen and oxygen atoms in total. The zero-order chi connectivity index (χ0) is 17.4. The number of aromatic nitrogens is 4. The number of rotatable bonds is 3. The van der Waals surface area contributed by atoms with Gasteiger partial charge in [-0.15, -0.1) is 0 Å². The number of benzene rings is 2. The SMILES string of the molecule is Cc1cc(C)cc(Oc2ncnc3c2cnn3-c2ccc(Cl)cc2)c1. The second-order valence-electron chi connectivity index (χ2n) is 5.87. The molecule has 0 aliphatic heterocycles. The Morgan fingerprint density at radius 1 is 0.960 bits per heavy atom. The molecular weight excluding hydrogens is 336 g/mol. The molecule has 2 aromatic carbocycles. The van der Waals surface area contributed by atoms with Gasteiger partial charge in [-0.2, -0.15) is 5.10 Å². The number of nitrogens with zero attached hydrogens (tertiary/aromatic N) is 4. The Labute approximate surface area is 149 Å². The maximum Gasteiger partial charge on any atom is 0.233 e. The summed E-state index contributed by atoms with van der Waals surface area (Å²) in [4.78, 5) is 8.63. The summed E-state index contributed by atoms with van der Waals surface area (Å²) in [5, 5.41) is 5.85. The highest BCUT2D eigenvalue weighted by Gasteiger charge is 2.13. The van der Waals surface area contributed by atoms with E-state index < -0.39 is 0 Å². The molecule has 0 radical (unpaired) electrons. The van der Waals surface area contributed by atoms with Gasteiger partial charge in [0.25, 0.3) is 0 Å². The fourth-order valence-electron chi connectivity index (χ4n) is 2.78. The largest absolute Gasteiger partial charge is 0.438 e. The van der Waals surface area contributed by atoms with Crippen molar-refractivity contribution < 1.29 is 4.74 Å². The van der Waals surface area contributed by atoms with Crippen molar-refractivity contribution in [2.75, 3.05) is 0 Å². The number of aryl methyl sites for hydroxylation is 2. The number of hydrogen-bond donors (Lipinski definition) is 0. The zero-order valence-corrected chi connectivity index (χ0v) is 14.5. The number of ether oxygens (including phenoxy) is 1. The molecule has 0 atom stereocenters. The van der Waals surface area contributed by atoms with Crippen LogP contribution in [0.2, 0.25) is 5.02 Å². The lowest BCUT2D eigenvalue weighted by Gasteiger charge is -2.08. The fourth-order valence-corrected chi connectivity index (χ4v) is 2.90. The average Bonchev–Trinajstić information content (AvgIpc) is 3.00. The molecule has 4 aromatic rings. The fraction of sp³-hybridized carbons (Fsp3) is 0.105. The van der Waals surface area contributed by atoms with Crippen molar-refractivity contribution in [1.29, 1.82) is 0 Å². The molecule has 0 spiro atoms. The summed E-state index contributed by atoms with van der Waals surface area (Å²) < 4.78 is 7.73. The standard InChI is InChI=1S/C19H15ClN4O/c1-12-7-13(2)9-16(8-12)25-19-17-10-23-24(18(17)21-11-22-19)15-5-3-14(20)4-6-15/h3-11H,1-2H3. The topological polar surface area (TPSA) is 52.8 Å². The van der Waals surface area contributed by atoms with Crippen molar-refractivity contribution in [3.05, 3.63) is 71.1 Å². The molecule has 124 valence electrons. The highest BCUT2D eigenvalue weighted by atomic mass is 35.5. The van der Waals surface area contributed by atoms with Gasteiger partial charge in [0, 0.05) is 5.02 Å². The van der Waals surface area contributed by atoms with Crippen LogP contribution < -0.4 is 4.74 Å². The van der Waals surface area contributed by atoms with Crippen LogP contribution in [0, 0.1) is 13.8 Å². The summed E-state index contributed by atoms with van der Waals surface area (Å²) in [6.07, 6.45) is 3.19. The minimum absolute atomic E-state index is 0.482. The zero-order valence-electron chi connectivity index (χ0n) is 13.8. The molecule has 0 N–H and O–H groups in total. The molecule has 0 aliphatic carbocycles. The van der Waals surface area contributed by atoms with E-state index in [1.165, 1.54) is 6.33 Å². The second-order valence-corrected chi connectivity index (χ2v) is 6.31. The predicted molar refractivity (Wildman–Crippen MR) is 97.7 cm³/mol. The normalized spacial score (nSPS) is 11.0. The molecule has 0 amide bonds. The van der Waals surface area contributed by atoms with Gasteiger partial charge in [0.15, 0.2) is 5.65 Å².